The molecule has 6 nitrogen and oxygen atoms in total. The van der Waals surface area contributed by atoms with Crippen LogP contribution >= 0.6 is 11.8 Å². The average Bonchev–Trinajstić information content (AvgIpc) is 2.90. The van der Waals surface area contributed by atoms with Gasteiger partial charge in [0, 0.05) is 25.3 Å². The largest absolute Gasteiger partial charge is 0.406 e. The van der Waals surface area contributed by atoms with Crippen LogP contribution in [-0.4, -0.2) is 31.5 Å². The third-order valence-electron chi connectivity index (χ3n) is 3.60. The zero-order valence-corrected chi connectivity index (χ0v) is 12.4. The highest BCUT2D eigenvalue weighted by Gasteiger charge is 2.29. The first kappa shape index (κ1) is 14.2. The lowest BCUT2D eigenvalue weighted by atomic mass is 10.2. The first-order valence-corrected chi connectivity index (χ1v) is 7.63. The smallest absolute Gasteiger partial charge is 0.362 e. The van der Waals surface area contributed by atoms with Crippen molar-refractivity contribution in [1.29, 1.82) is 0 Å². The van der Waals surface area contributed by atoms with E-state index in [1.165, 1.54) is 6.42 Å². The predicted molar refractivity (Wildman–Crippen MR) is 77.8 cm³/mol. The van der Waals surface area contributed by atoms with E-state index in [1.807, 2.05) is 18.8 Å². The van der Waals surface area contributed by atoms with Crippen molar-refractivity contribution in [2.75, 3.05) is 11.1 Å². The molecule has 2 atom stereocenters. The van der Waals surface area contributed by atoms with Crippen molar-refractivity contribution < 1.29 is 4.92 Å². The number of thioether (sulfide) groups is 1. The summed E-state index contributed by atoms with van der Waals surface area (Å²) in [5.41, 5.74) is 0. The minimum absolute atomic E-state index is 0.0633. The summed E-state index contributed by atoms with van der Waals surface area (Å²) < 4.78 is 1.76. The average molecular weight is 284 g/mol. The number of anilines is 1. The van der Waals surface area contributed by atoms with E-state index in [-0.39, 0.29) is 5.82 Å². The van der Waals surface area contributed by atoms with Gasteiger partial charge >= 0.3 is 5.82 Å². The summed E-state index contributed by atoms with van der Waals surface area (Å²) in [4.78, 5) is 14.6. The molecule has 1 N–H and O–H groups in total. The Labute approximate surface area is 117 Å². The molecule has 1 aliphatic rings. The highest BCUT2D eigenvalue weighted by Crippen LogP contribution is 2.33. The number of nitro groups is 1. The molecule has 0 bridgehead atoms. The van der Waals surface area contributed by atoms with Crippen LogP contribution in [0.15, 0.2) is 0 Å². The molecule has 1 aliphatic carbocycles. The van der Waals surface area contributed by atoms with Gasteiger partial charge in [0.15, 0.2) is 0 Å². The van der Waals surface area contributed by atoms with Gasteiger partial charge < -0.3 is 15.4 Å². The molecule has 1 fully saturated rings. The molecule has 0 radical (unpaired) electrons. The molecule has 1 aromatic rings. The van der Waals surface area contributed by atoms with E-state index in [0.717, 1.165) is 18.6 Å². The van der Waals surface area contributed by atoms with Crippen LogP contribution in [0.2, 0.25) is 0 Å². The molecule has 1 aromatic heterocycles. The van der Waals surface area contributed by atoms with Crippen LogP contribution in [-0.2, 0) is 7.05 Å². The molecular formula is C12H20N4O2S. The zero-order chi connectivity index (χ0) is 14.0. The zero-order valence-electron chi connectivity index (χ0n) is 11.5. The third-order valence-corrected chi connectivity index (χ3v) is 4.83. The van der Waals surface area contributed by atoms with E-state index in [0.29, 0.717) is 22.9 Å². The first-order valence-electron chi connectivity index (χ1n) is 6.58. The van der Waals surface area contributed by atoms with Crippen LogP contribution in [0, 0.1) is 17.0 Å². The van der Waals surface area contributed by atoms with E-state index >= 15 is 0 Å². The molecule has 1 saturated carbocycles. The number of aromatic nitrogens is 2. The fraction of sp³-hybridized carbons (Fsp3) is 0.750. The second kappa shape index (κ2) is 5.81. The summed E-state index contributed by atoms with van der Waals surface area (Å²) >= 11 is 1.98. The number of imidazole rings is 1. The normalized spacial score (nSPS) is 22.7. The van der Waals surface area contributed by atoms with Gasteiger partial charge in [-0.05, 0) is 34.9 Å². The second-order valence-electron chi connectivity index (χ2n) is 4.88. The van der Waals surface area contributed by atoms with Gasteiger partial charge in [0.25, 0.3) is 0 Å². The summed E-state index contributed by atoms with van der Waals surface area (Å²) in [5, 5.41) is 15.0. The van der Waals surface area contributed by atoms with Crippen LogP contribution < -0.4 is 5.32 Å². The number of nitrogens with one attached hydrogen (secondary N) is 1. The summed E-state index contributed by atoms with van der Waals surface area (Å²) in [6.45, 7) is 3.95. The molecule has 106 valence electrons. The molecule has 2 unspecified atom stereocenters. The van der Waals surface area contributed by atoms with E-state index < -0.39 is 4.92 Å². The Morgan fingerprint density at radius 2 is 2.32 bits per heavy atom. The van der Waals surface area contributed by atoms with Gasteiger partial charge in [-0.1, -0.05) is 6.92 Å². The summed E-state index contributed by atoms with van der Waals surface area (Å²) in [6.07, 6.45) is 3.32. The van der Waals surface area contributed by atoms with E-state index in [4.69, 9.17) is 0 Å². The van der Waals surface area contributed by atoms with Gasteiger partial charge in [0.2, 0.25) is 11.6 Å². The van der Waals surface area contributed by atoms with Crippen LogP contribution in [0.4, 0.5) is 11.6 Å². The monoisotopic (exact) mass is 284 g/mol. The molecule has 0 spiro atoms. The Kier molecular flexibility index (Phi) is 4.34. The number of nitrogens with zero attached hydrogens (tertiary/aromatic N) is 3. The standard InChI is InChI=1S/C12H20N4O2S/c1-4-19-10-6-5-9(7-10)14-11-12(16(17)18)13-8(2)15(11)3/h9-10,14H,4-7H2,1-3H3. The number of rotatable bonds is 5. The minimum Gasteiger partial charge on any atom is -0.362 e. The second-order valence-corrected chi connectivity index (χ2v) is 6.46. The molecule has 0 aromatic carbocycles. The van der Waals surface area contributed by atoms with E-state index in [9.17, 15) is 10.1 Å². The van der Waals surface area contributed by atoms with Gasteiger partial charge in [-0.15, -0.1) is 0 Å². The summed E-state index contributed by atoms with van der Waals surface area (Å²) in [5.74, 6) is 2.26. The van der Waals surface area contributed by atoms with Crippen LogP contribution in [0.25, 0.3) is 0 Å². The SMILES string of the molecule is CCSC1CCC(Nc2c([N+](=O)[O-])nc(C)n2C)C1. The lowest BCUT2D eigenvalue weighted by molar-refractivity contribution is -0.388. The number of aryl methyl sites for hydroxylation is 1. The van der Waals surface area contributed by atoms with Crippen molar-refractivity contribution in [3.63, 3.8) is 0 Å². The van der Waals surface area contributed by atoms with E-state index in [1.54, 1.807) is 11.5 Å². The number of hydrogen-bond acceptors (Lipinski definition) is 5. The fourth-order valence-corrected chi connectivity index (χ4v) is 3.68. The van der Waals surface area contributed by atoms with Crippen molar-refractivity contribution in [2.45, 2.75) is 44.4 Å². The van der Waals surface area contributed by atoms with Gasteiger partial charge in [-0.25, -0.2) is 0 Å². The van der Waals surface area contributed by atoms with Gasteiger partial charge in [-0.2, -0.15) is 11.8 Å². The maximum Gasteiger partial charge on any atom is 0.406 e. The van der Waals surface area contributed by atoms with Crippen molar-refractivity contribution >= 4 is 23.4 Å². The summed E-state index contributed by atoms with van der Waals surface area (Å²) in [7, 11) is 1.81. The molecule has 0 aliphatic heterocycles. The Balaban J connectivity index is 2.09. The Hall–Kier alpha value is -1.24. The minimum atomic E-state index is -0.414. The molecule has 0 saturated heterocycles. The van der Waals surface area contributed by atoms with Crippen LogP contribution in [0.3, 0.4) is 0 Å². The van der Waals surface area contributed by atoms with Crippen LogP contribution in [0.1, 0.15) is 32.0 Å². The van der Waals surface area contributed by atoms with E-state index in [2.05, 4.69) is 17.2 Å². The highest BCUT2D eigenvalue weighted by atomic mass is 32.2. The molecular weight excluding hydrogens is 264 g/mol. The molecule has 7 heteroatoms. The molecule has 0 amide bonds. The topological polar surface area (TPSA) is 73.0 Å². The number of hydrogen-bond donors (Lipinski definition) is 1. The molecule has 1 heterocycles. The van der Waals surface area contributed by atoms with Crippen molar-refractivity contribution in [3.05, 3.63) is 15.9 Å². The van der Waals surface area contributed by atoms with Gasteiger partial charge in [0.1, 0.15) is 0 Å². The van der Waals surface area contributed by atoms with Crippen molar-refractivity contribution in [2.24, 2.45) is 7.05 Å². The van der Waals surface area contributed by atoms with Gasteiger partial charge in [-0.3, -0.25) is 4.57 Å². The fourth-order valence-electron chi connectivity index (χ4n) is 2.53. The maximum absolute atomic E-state index is 11.0. The third kappa shape index (κ3) is 3.02. The first-order chi connectivity index (χ1) is 9.02. The molecule has 19 heavy (non-hydrogen) atoms. The Morgan fingerprint density at radius 3 is 2.95 bits per heavy atom. The lowest BCUT2D eigenvalue weighted by Crippen LogP contribution is -2.19. The Bertz CT molecular complexity index is 475. The Morgan fingerprint density at radius 1 is 1.58 bits per heavy atom. The summed E-state index contributed by atoms with van der Waals surface area (Å²) in [6, 6.07) is 0.317. The lowest BCUT2D eigenvalue weighted by Gasteiger charge is -2.14. The predicted octanol–water partition coefficient (Wildman–Crippen LogP) is 2.72. The highest BCUT2D eigenvalue weighted by molar-refractivity contribution is 7.99. The quantitative estimate of drug-likeness (QED) is 0.665. The van der Waals surface area contributed by atoms with Gasteiger partial charge in [0.05, 0.1) is 0 Å². The van der Waals surface area contributed by atoms with Crippen molar-refractivity contribution in [3.8, 4) is 0 Å². The molecule has 2 rings (SSSR count). The maximum atomic E-state index is 11.0. The van der Waals surface area contributed by atoms with Crippen LogP contribution in [0.5, 0.6) is 0 Å². The van der Waals surface area contributed by atoms with Crippen molar-refractivity contribution in [1.82, 2.24) is 9.55 Å².